The number of aromatic hydroxyl groups is 1. The zero-order valence-electron chi connectivity index (χ0n) is 17.0. The van der Waals surface area contributed by atoms with Crippen molar-refractivity contribution in [3.05, 3.63) is 82.8 Å². The fourth-order valence-electron chi connectivity index (χ4n) is 4.94. The van der Waals surface area contributed by atoms with Gasteiger partial charge in [0.05, 0.1) is 6.10 Å². The summed E-state index contributed by atoms with van der Waals surface area (Å²) in [6.45, 7) is 2.18. The van der Waals surface area contributed by atoms with Crippen molar-refractivity contribution in [2.45, 2.75) is 38.7 Å². The highest BCUT2D eigenvalue weighted by atomic mass is 19.1. The highest BCUT2D eigenvalue weighted by Crippen LogP contribution is 2.55. The number of aliphatic hydroxyl groups is 1. The van der Waals surface area contributed by atoms with Crippen LogP contribution in [0, 0.1) is 22.6 Å². The van der Waals surface area contributed by atoms with Gasteiger partial charge in [0.1, 0.15) is 11.6 Å². The van der Waals surface area contributed by atoms with Gasteiger partial charge in [-0.1, -0.05) is 24.6 Å². The maximum absolute atomic E-state index is 13.2. The first-order chi connectivity index (χ1) is 14.4. The summed E-state index contributed by atoms with van der Waals surface area (Å²) in [6, 6.07) is 13.0. The van der Waals surface area contributed by atoms with E-state index >= 15 is 0 Å². The Morgan fingerprint density at radius 2 is 1.87 bits per heavy atom. The van der Waals surface area contributed by atoms with E-state index in [1.54, 1.807) is 36.4 Å². The van der Waals surface area contributed by atoms with Crippen LogP contribution in [-0.4, -0.2) is 16.4 Å². The van der Waals surface area contributed by atoms with Crippen molar-refractivity contribution in [3.63, 3.8) is 0 Å². The lowest BCUT2D eigenvalue weighted by Crippen LogP contribution is -2.39. The average Bonchev–Trinajstić information content (AvgIpc) is 2.74. The zero-order valence-corrected chi connectivity index (χ0v) is 17.0. The highest BCUT2D eigenvalue weighted by Gasteiger charge is 2.46. The lowest BCUT2D eigenvalue weighted by Gasteiger charge is -2.48. The second-order valence-corrected chi connectivity index (χ2v) is 8.51. The van der Waals surface area contributed by atoms with Gasteiger partial charge in [0.15, 0.2) is 0 Å². The van der Waals surface area contributed by atoms with Gasteiger partial charge in [-0.3, -0.25) is 0 Å². The summed E-state index contributed by atoms with van der Waals surface area (Å²) in [5.74, 6) is -0.0799. The summed E-state index contributed by atoms with van der Waals surface area (Å²) >= 11 is 0. The smallest absolute Gasteiger partial charge is 0.123 e. The minimum Gasteiger partial charge on any atom is -0.508 e. The van der Waals surface area contributed by atoms with E-state index in [2.05, 4.69) is 18.3 Å². The molecule has 3 unspecified atom stereocenters. The normalized spacial score (nSPS) is 24.6. The maximum atomic E-state index is 13.2. The standard InChI is InChI=1S/C25H27FN2O2/c1-25-14-17(15-27)23(28-20-9-7-19(26)8-10-20)13-18(25)3-2-4-22(25)24(30)16-5-11-21(29)12-6-16/h5-13,15,22,24,27-30H,2-4,14H2,1H3. The molecule has 0 aliphatic heterocycles. The Balaban J connectivity index is 1.64. The fraction of sp³-hybridized carbons (Fsp3) is 0.320. The molecule has 0 heterocycles. The summed E-state index contributed by atoms with van der Waals surface area (Å²) in [4.78, 5) is 0. The molecule has 2 aliphatic carbocycles. The number of aliphatic hydroxyl groups excluding tert-OH is 1. The van der Waals surface area contributed by atoms with Crippen molar-refractivity contribution in [1.82, 2.24) is 0 Å². The largest absolute Gasteiger partial charge is 0.508 e. The Labute approximate surface area is 176 Å². The fourth-order valence-corrected chi connectivity index (χ4v) is 4.94. The van der Waals surface area contributed by atoms with E-state index in [1.165, 1.54) is 23.9 Å². The number of phenolic OH excluding ortho intramolecular Hbond substituents is 1. The molecule has 0 amide bonds. The third kappa shape index (κ3) is 3.77. The number of hydrogen-bond acceptors (Lipinski definition) is 4. The van der Waals surface area contributed by atoms with Crippen LogP contribution in [0.5, 0.6) is 5.75 Å². The molecule has 0 bridgehead atoms. The van der Waals surface area contributed by atoms with E-state index in [4.69, 9.17) is 5.41 Å². The van der Waals surface area contributed by atoms with E-state index in [9.17, 15) is 14.6 Å². The summed E-state index contributed by atoms with van der Waals surface area (Å²) in [6.07, 6.45) is 6.36. The average molecular weight is 407 g/mol. The predicted molar refractivity (Wildman–Crippen MR) is 117 cm³/mol. The van der Waals surface area contributed by atoms with Crippen molar-refractivity contribution in [3.8, 4) is 5.75 Å². The molecule has 30 heavy (non-hydrogen) atoms. The molecule has 0 radical (unpaired) electrons. The van der Waals surface area contributed by atoms with Gasteiger partial charge in [-0.05, 0) is 90.6 Å². The van der Waals surface area contributed by atoms with E-state index in [-0.39, 0.29) is 22.9 Å². The van der Waals surface area contributed by atoms with Crippen molar-refractivity contribution in [2.75, 3.05) is 5.32 Å². The van der Waals surface area contributed by atoms with Crippen molar-refractivity contribution < 1.29 is 14.6 Å². The Kier molecular flexibility index (Phi) is 5.48. The van der Waals surface area contributed by atoms with Crippen LogP contribution in [0.4, 0.5) is 10.1 Å². The minimum absolute atomic E-state index is 0.0179. The first-order valence-electron chi connectivity index (χ1n) is 10.3. The van der Waals surface area contributed by atoms with Gasteiger partial charge in [-0.15, -0.1) is 0 Å². The molecular formula is C25H27FN2O2. The number of anilines is 1. The molecule has 0 aromatic heterocycles. The monoisotopic (exact) mass is 406 g/mol. The SMILES string of the molecule is CC12CC(C=N)=C(Nc3ccc(F)cc3)C=C1CCCC2C(O)c1ccc(O)cc1. The van der Waals surface area contributed by atoms with Crippen LogP contribution in [0.2, 0.25) is 0 Å². The number of rotatable bonds is 5. The number of nitrogens with one attached hydrogen (secondary N) is 2. The third-order valence-electron chi connectivity index (χ3n) is 6.65. The van der Waals surface area contributed by atoms with E-state index in [0.717, 1.165) is 41.8 Å². The summed E-state index contributed by atoms with van der Waals surface area (Å²) in [5, 5.41) is 32.1. The molecule has 0 spiro atoms. The van der Waals surface area contributed by atoms with Gasteiger partial charge in [-0.2, -0.15) is 0 Å². The van der Waals surface area contributed by atoms with Gasteiger partial charge < -0.3 is 20.9 Å². The lowest BCUT2D eigenvalue weighted by molar-refractivity contribution is 0.0215. The molecule has 5 heteroatoms. The number of halogens is 1. The molecule has 4 N–H and O–H groups in total. The topological polar surface area (TPSA) is 76.3 Å². The predicted octanol–water partition coefficient (Wildman–Crippen LogP) is 5.72. The summed E-state index contributed by atoms with van der Waals surface area (Å²) < 4.78 is 13.2. The molecular weight excluding hydrogens is 379 g/mol. The third-order valence-corrected chi connectivity index (χ3v) is 6.65. The van der Waals surface area contributed by atoms with Crippen LogP contribution in [0.3, 0.4) is 0 Å². The Morgan fingerprint density at radius 3 is 2.53 bits per heavy atom. The van der Waals surface area contributed by atoms with Gasteiger partial charge in [-0.25, -0.2) is 4.39 Å². The van der Waals surface area contributed by atoms with E-state index < -0.39 is 6.10 Å². The highest BCUT2D eigenvalue weighted by molar-refractivity contribution is 5.81. The van der Waals surface area contributed by atoms with Crippen LogP contribution in [0.1, 0.15) is 44.3 Å². The van der Waals surface area contributed by atoms with Gasteiger partial charge in [0, 0.05) is 17.6 Å². The number of hydrogen-bond donors (Lipinski definition) is 4. The van der Waals surface area contributed by atoms with Gasteiger partial charge >= 0.3 is 0 Å². The number of fused-ring (bicyclic) bond motifs is 1. The molecule has 2 aromatic carbocycles. The first kappa shape index (κ1) is 20.4. The zero-order chi connectivity index (χ0) is 21.3. The molecule has 4 rings (SSSR count). The van der Waals surface area contributed by atoms with Crippen LogP contribution in [0.15, 0.2) is 71.5 Å². The van der Waals surface area contributed by atoms with Crippen molar-refractivity contribution in [1.29, 1.82) is 5.41 Å². The molecule has 4 nitrogen and oxygen atoms in total. The van der Waals surface area contributed by atoms with Crippen LogP contribution in [0.25, 0.3) is 0 Å². The van der Waals surface area contributed by atoms with Crippen LogP contribution < -0.4 is 5.32 Å². The molecule has 3 atom stereocenters. The number of allylic oxidation sites excluding steroid dienone is 3. The van der Waals surface area contributed by atoms with Crippen molar-refractivity contribution >= 4 is 11.9 Å². The molecule has 156 valence electrons. The van der Waals surface area contributed by atoms with Crippen LogP contribution >= 0.6 is 0 Å². The number of benzene rings is 2. The molecule has 2 aliphatic rings. The van der Waals surface area contributed by atoms with Crippen molar-refractivity contribution in [2.24, 2.45) is 11.3 Å². The summed E-state index contributed by atoms with van der Waals surface area (Å²) in [5.41, 5.74) is 4.33. The summed E-state index contributed by atoms with van der Waals surface area (Å²) in [7, 11) is 0. The maximum Gasteiger partial charge on any atom is 0.123 e. The van der Waals surface area contributed by atoms with Gasteiger partial charge in [0.2, 0.25) is 0 Å². The second kappa shape index (κ2) is 8.07. The molecule has 1 saturated carbocycles. The molecule has 1 fully saturated rings. The Bertz CT molecular complexity index is 995. The van der Waals surface area contributed by atoms with E-state index in [1.807, 2.05) is 0 Å². The van der Waals surface area contributed by atoms with Crippen LogP contribution in [-0.2, 0) is 0 Å². The minimum atomic E-state index is -0.641. The quantitative estimate of drug-likeness (QED) is 0.480. The second-order valence-electron chi connectivity index (χ2n) is 8.51. The molecule has 0 saturated heterocycles. The van der Waals surface area contributed by atoms with Gasteiger partial charge in [0.25, 0.3) is 0 Å². The number of phenols is 1. The first-order valence-corrected chi connectivity index (χ1v) is 10.3. The Morgan fingerprint density at radius 1 is 1.17 bits per heavy atom. The lowest BCUT2D eigenvalue weighted by atomic mass is 9.57. The Hall–Kier alpha value is -2.92. The van der Waals surface area contributed by atoms with E-state index in [0.29, 0.717) is 6.42 Å². The molecule has 2 aromatic rings.